The monoisotopic (exact) mass is 301 g/mol. The number of nitrogens with one attached hydrogen (secondary N) is 1. The van der Waals surface area contributed by atoms with Crippen LogP contribution in [0.3, 0.4) is 0 Å². The quantitative estimate of drug-likeness (QED) is 0.942. The Bertz CT molecular complexity index is 552. The number of rotatable bonds is 4. The zero-order valence-electron chi connectivity index (χ0n) is 9.94. The molecule has 2 aromatic rings. The molecule has 1 N–H and O–H groups in total. The molecule has 0 aliphatic rings. The van der Waals surface area contributed by atoms with Gasteiger partial charge in [-0.1, -0.05) is 23.0 Å². The van der Waals surface area contributed by atoms with Gasteiger partial charge in [0.15, 0.2) is 0 Å². The molecule has 7 heteroatoms. The lowest BCUT2D eigenvalue weighted by molar-refractivity contribution is 0.0943. The molecule has 2 aromatic heterocycles. The van der Waals surface area contributed by atoms with Gasteiger partial charge in [0, 0.05) is 4.88 Å². The third-order valence-electron chi connectivity index (χ3n) is 2.47. The first-order valence-electron chi connectivity index (χ1n) is 5.49. The van der Waals surface area contributed by atoms with Crippen molar-refractivity contribution in [3.8, 4) is 0 Å². The normalized spacial score (nSPS) is 12.4. The number of amides is 1. The third-order valence-corrected chi connectivity index (χ3v) is 4.65. The first-order chi connectivity index (χ1) is 8.61. The number of aryl methyl sites for hydroxylation is 1. The van der Waals surface area contributed by atoms with Crippen molar-refractivity contribution in [2.75, 3.05) is 0 Å². The molecule has 0 saturated carbocycles. The smallest absolute Gasteiger partial charge is 0.265 e. The molecule has 2 heterocycles. The Hall–Kier alpha value is -0.980. The van der Waals surface area contributed by atoms with Crippen molar-refractivity contribution in [3.63, 3.8) is 0 Å². The Morgan fingerprint density at radius 3 is 2.94 bits per heavy atom. The number of aromatic nitrogens is 2. The Kier molecular flexibility index (Phi) is 4.31. The lowest BCUT2D eigenvalue weighted by atomic mass is 10.2. The molecule has 0 saturated heterocycles. The topological polar surface area (TPSA) is 54.9 Å². The van der Waals surface area contributed by atoms with Gasteiger partial charge in [-0.25, -0.2) is 0 Å². The van der Waals surface area contributed by atoms with Gasteiger partial charge in [-0.3, -0.25) is 4.79 Å². The van der Waals surface area contributed by atoms with Crippen molar-refractivity contribution in [2.45, 2.75) is 26.3 Å². The first-order valence-corrected chi connectivity index (χ1v) is 7.46. The molecule has 1 amide bonds. The summed E-state index contributed by atoms with van der Waals surface area (Å²) in [5.74, 6) is -0.126. The minimum Gasteiger partial charge on any atom is -0.344 e. The van der Waals surface area contributed by atoms with Crippen LogP contribution in [-0.2, 0) is 6.42 Å². The molecular weight excluding hydrogens is 290 g/mol. The van der Waals surface area contributed by atoms with E-state index in [1.54, 1.807) is 0 Å². The van der Waals surface area contributed by atoms with Gasteiger partial charge in [0.25, 0.3) is 5.91 Å². The highest BCUT2D eigenvalue weighted by molar-refractivity contribution is 7.16. The summed E-state index contributed by atoms with van der Waals surface area (Å²) in [5.41, 5.74) is 0.744. The van der Waals surface area contributed by atoms with Gasteiger partial charge in [-0.2, -0.15) is 0 Å². The second-order valence-electron chi connectivity index (χ2n) is 3.74. The van der Waals surface area contributed by atoms with E-state index in [9.17, 15) is 4.79 Å². The highest BCUT2D eigenvalue weighted by Crippen LogP contribution is 2.27. The minimum atomic E-state index is -0.126. The van der Waals surface area contributed by atoms with Crippen molar-refractivity contribution >= 4 is 40.4 Å². The number of thiophene rings is 1. The van der Waals surface area contributed by atoms with E-state index in [1.165, 1.54) is 11.3 Å². The molecule has 0 aliphatic carbocycles. The van der Waals surface area contributed by atoms with E-state index in [0.29, 0.717) is 11.3 Å². The van der Waals surface area contributed by atoms with Crippen molar-refractivity contribution in [2.24, 2.45) is 0 Å². The predicted molar refractivity (Wildman–Crippen MR) is 74.5 cm³/mol. The highest BCUT2D eigenvalue weighted by Gasteiger charge is 2.18. The van der Waals surface area contributed by atoms with Gasteiger partial charge < -0.3 is 5.32 Å². The Balaban J connectivity index is 2.08. The van der Waals surface area contributed by atoms with Crippen LogP contribution < -0.4 is 5.32 Å². The van der Waals surface area contributed by atoms with E-state index in [1.807, 2.05) is 26.0 Å². The summed E-state index contributed by atoms with van der Waals surface area (Å²) in [4.78, 5) is 13.7. The maximum atomic E-state index is 12.1. The van der Waals surface area contributed by atoms with E-state index in [0.717, 1.165) is 26.4 Å². The fourth-order valence-corrected chi connectivity index (χ4v) is 3.22. The standard InChI is InChI=1S/C11H12ClN3OS2/c1-3-7-10(18-15-14-7)11(16)13-6(2)8-4-5-9(12)17-8/h4-6H,3H2,1-2H3,(H,13,16)/t6-/m1/s1. The van der Waals surface area contributed by atoms with E-state index >= 15 is 0 Å². The molecule has 0 fully saturated rings. The summed E-state index contributed by atoms with van der Waals surface area (Å²) in [6.45, 7) is 3.89. The lowest BCUT2D eigenvalue weighted by Crippen LogP contribution is -2.26. The molecule has 1 atom stereocenters. The summed E-state index contributed by atoms with van der Waals surface area (Å²) < 4.78 is 4.53. The van der Waals surface area contributed by atoms with Crippen LogP contribution in [0.25, 0.3) is 0 Å². The van der Waals surface area contributed by atoms with Gasteiger partial charge in [0.05, 0.1) is 16.1 Å². The van der Waals surface area contributed by atoms with Gasteiger partial charge in [-0.15, -0.1) is 16.4 Å². The number of halogens is 1. The van der Waals surface area contributed by atoms with Crippen molar-refractivity contribution < 1.29 is 4.79 Å². The SMILES string of the molecule is CCc1nnsc1C(=O)N[C@H](C)c1ccc(Cl)s1. The molecule has 2 rings (SSSR count). The maximum absolute atomic E-state index is 12.1. The van der Waals surface area contributed by atoms with Gasteiger partial charge in [0.1, 0.15) is 4.88 Å². The number of nitrogens with zero attached hydrogens (tertiary/aromatic N) is 2. The fraction of sp³-hybridized carbons (Fsp3) is 0.364. The number of carbonyl (C=O) groups excluding carboxylic acids is 1. The summed E-state index contributed by atoms with van der Waals surface area (Å²) in [5, 5.41) is 6.86. The second kappa shape index (κ2) is 5.77. The predicted octanol–water partition coefficient (Wildman–Crippen LogP) is 3.31. The second-order valence-corrected chi connectivity index (χ2v) is 6.24. The molecule has 18 heavy (non-hydrogen) atoms. The van der Waals surface area contributed by atoms with Crippen LogP contribution in [0.1, 0.15) is 40.1 Å². The Morgan fingerprint density at radius 1 is 1.56 bits per heavy atom. The Labute approximate surface area is 118 Å². The van der Waals surface area contributed by atoms with Crippen LogP contribution in [0, 0.1) is 0 Å². The minimum absolute atomic E-state index is 0.0678. The van der Waals surface area contributed by atoms with E-state index in [4.69, 9.17) is 11.6 Å². The van der Waals surface area contributed by atoms with Crippen LogP contribution in [0.4, 0.5) is 0 Å². The average molecular weight is 302 g/mol. The molecule has 4 nitrogen and oxygen atoms in total. The van der Waals surface area contributed by atoms with E-state index < -0.39 is 0 Å². The molecule has 0 unspecified atom stereocenters. The largest absolute Gasteiger partial charge is 0.344 e. The highest BCUT2D eigenvalue weighted by atomic mass is 35.5. The van der Waals surface area contributed by atoms with Gasteiger partial charge in [-0.05, 0) is 37.0 Å². The zero-order valence-corrected chi connectivity index (χ0v) is 12.3. The number of carbonyl (C=O) groups is 1. The molecule has 0 aliphatic heterocycles. The summed E-state index contributed by atoms with van der Waals surface area (Å²) in [7, 11) is 0. The molecule has 0 aromatic carbocycles. The van der Waals surface area contributed by atoms with Crippen LogP contribution in [0.5, 0.6) is 0 Å². The van der Waals surface area contributed by atoms with Crippen molar-refractivity contribution in [3.05, 3.63) is 31.9 Å². The molecule has 0 bridgehead atoms. The van der Waals surface area contributed by atoms with Crippen LogP contribution >= 0.6 is 34.5 Å². The van der Waals surface area contributed by atoms with E-state index in [2.05, 4.69) is 14.9 Å². The van der Waals surface area contributed by atoms with Crippen molar-refractivity contribution in [1.82, 2.24) is 14.9 Å². The maximum Gasteiger partial charge on any atom is 0.265 e. The summed E-state index contributed by atoms with van der Waals surface area (Å²) in [6.07, 6.45) is 0.707. The third kappa shape index (κ3) is 2.88. The Morgan fingerprint density at radius 2 is 2.33 bits per heavy atom. The molecule has 0 radical (unpaired) electrons. The summed E-state index contributed by atoms with van der Waals surface area (Å²) in [6, 6.07) is 3.68. The van der Waals surface area contributed by atoms with Crippen molar-refractivity contribution in [1.29, 1.82) is 0 Å². The number of hydrogen-bond donors (Lipinski definition) is 1. The van der Waals surface area contributed by atoms with Crippen LogP contribution in [-0.4, -0.2) is 15.5 Å². The number of hydrogen-bond acceptors (Lipinski definition) is 5. The molecular formula is C11H12ClN3OS2. The summed E-state index contributed by atoms with van der Waals surface area (Å²) >= 11 is 8.47. The van der Waals surface area contributed by atoms with Crippen LogP contribution in [0.2, 0.25) is 4.34 Å². The average Bonchev–Trinajstić information content (AvgIpc) is 2.96. The van der Waals surface area contributed by atoms with Gasteiger partial charge >= 0.3 is 0 Å². The molecule has 0 spiro atoms. The fourth-order valence-electron chi connectivity index (χ4n) is 1.51. The van der Waals surface area contributed by atoms with E-state index in [-0.39, 0.29) is 11.9 Å². The van der Waals surface area contributed by atoms with Crippen LogP contribution in [0.15, 0.2) is 12.1 Å². The molecule has 96 valence electrons. The zero-order chi connectivity index (χ0) is 13.1. The lowest BCUT2D eigenvalue weighted by Gasteiger charge is -2.11. The van der Waals surface area contributed by atoms with Gasteiger partial charge in [0.2, 0.25) is 0 Å². The first kappa shape index (κ1) is 13.5.